The number of carbonyl (C=O) groups is 1. The Kier molecular flexibility index (Phi) is 4.42. The fourth-order valence-corrected chi connectivity index (χ4v) is 4.45. The highest BCUT2D eigenvalue weighted by molar-refractivity contribution is 7.89. The largest absolute Gasteiger partial charge is 0.332 e. The van der Waals surface area contributed by atoms with Gasteiger partial charge in [-0.2, -0.15) is 4.31 Å². The minimum Gasteiger partial charge on any atom is -0.332 e. The summed E-state index contributed by atoms with van der Waals surface area (Å²) < 4.78 is 25.0. The number of nitrogens with zero attached hydrogens (tertiary/aromatic N) is 3. The van der Waals surface area contributed by atoms with E-state index in [1.54, 1.807) is 17.3 Å². The number of rotatable bonds is 3. The van der Waals surface area contributed by atoms with Gasteiger partial charge in [0, 0.05) is 38.6 Å². The highest BCUT2D eigenvalue weighted by atomic mass is 32.2. The number of piperazine rings is 1. The van der Waals surface area contributed by atoms with Crippen LogP contribution in [0.15, 0.2) is 24.5 Å². The summed E-state index contributed by atoms with van der Waals surface area (Å²) in [5.41, 5.74) is 0.965. The van der Waals surface area contributed by atoms with Crippen LogP contribution in [0, 0.1) is 0 Å². The molecule has 1 aromatic heterocycles. The van der Waals surface area contributed by atoms with Crippen LogP contribution in [0.4, 0.5) is 0 Å². The van der Waals surface area contributed by atoms with Crippen LogP contribution in [0.1, 0.15) is 18.0 Å². The Morgan fingerprint density at radius 3 is 2.95 bits per heavy atom. The van der Waals surface area contributed by atoms with Crippen molar-refractivity contribution in [3.63, 3.8) is 0 Å². The zero-order valence-electron chi connectivity index (χ0n) is 12.3. The van der Waals surface area contributed by atoms with E-state index in [1.165, 1.54) is 4.31 Å². The second-order valence-electron chi connectivity index (χ2n) is 5.60. The van der Waals surface area contributed by atoms with E-state index in [0.29, 0.717) is 26.1 Å². The van der Waals surface area contributed by atoms with Crippen LogP contribution in [0.5, 0.6) is 0 Å². The highest BCUT2D eigenvalue weighted by Crippen LogP contribution is 2.22. The second-order valence-corrected chi connectivity index (χ2v) is 7.69. The van der Waals surface area contributed by atoms with Gasteiger partial charge in [-0.25, -0.2) is 8.42 Å². The average molecular weight is 324 g/mol. The Morgan fingerprint density at radius 1 is 1.41 bits per heavy atom. The predicted octanol–water partition coefficient (Wildman–Crippen LogP) is -0.410. The molecule has 1 amide bonds. The molecular weight excluding hydrogens is 304 g/mol. The number of sulfonamides is 1. The van der Waals surface area contributed by atoms with Gasteiger partial charge in [-0.1, -0.05) is 6.07 Å². The van der Waals surface area contributed by atoms with E-state index < -0.39 is 10.0 Å². The SMILES string of the molecule is O=C(CN1CCCS1(=O)=O)N1CCNCC1c1cccnc1. The molecule has 1 atom stereocenters. The number of carbonyl (C=O) groups excluding carboxylic acids is 1. The molecule has 0 radical (unpaired) electrons. The maximum Gasteiger partial charge on any atom is 0.238 e. The second kappa shape index (κ2) is 6.31. The van der Waals surface area contributed by atoms with Crippen molar-refractivity contribution < 1.29 is 13.2 Å². The molecule has 2 aliphatic heterocycles. The number of amides is 1. The Balaban J connectivity index is 1.75. The predicted molar refractivity (Wildman–Crippen MR) is 81.5 cm³/mol. The van der Waals surface area contributed by atoms with Gasteiger partial charge >= 0.3 is 0 Å². The van der Waals surface area contributed by atoms with E-state index in [4.69, 9.17) is 0 Å². The van der Waals surface area contributed by atoms with Crippen molar-refractivity contribution in [3.8, 4) is 0 Å². The third-order valence-electron chi connectivity index (χ3n) is 4.15. The molecule has 120 valence electrons. The molecule has 3 rings (SSSR count). The molecule has 7 nitrogen and oxygen atoms in total. The molecule has 1 unspecified atom stereocenters. The van der Waals surface area contributed by atoms with Crippen molar-refractivity contribution in [2.75, 3.05) is 38.5 Å². The first-order valence-electron chi connectivity index (χ1n) is 7.46. The molecule has 0 spiro atoms. The van der Waals surface area contributed by atoms with Crippen molar-refractivity contribution in [2.24, 2.45) is 0 Å². The molecule has 2 fully saturated rings. The summed E-state index contributed by atoms with van der Waals surface area (Å²) in [4.78, 5) is 18.5. The summed E-state index contributed by atoms with van der Waals surface area (Å²) >= 11 is 0. The van der Waals surface area contributed by atoms with Gasteiger partial charge in [0.15, 0.2) is 0 Å². The smallest absolute Gasteiger partial charge is 0.238 e. The van der Waals surface area contributed by atoms with Gasteiger partial charge in [-0.05, 0) is 18.1 Å². The summed E-state index contributed by atoms with van der Waals surface area (Å²) in [5.74, 6) is 0.00857. The number of pyridine rings is 1. The highest BCUT2D eigenvalue weighted by Gasteiger charge is 2.34. The van der Waals surface area contributed by atoms with Crippen molar-refractivity contribution in [3.05, 3.63) is 30.1 Å². The van der Waals surface area contributed by atoms with Gasteiger partial charge in [0.05, 0.1) is 18.3 Å². The van der Waals surface area contributed by atoms with E-state index in [2.05, 4.69) is 10.3 Å². The number of hydrogen-bond acceptors (Lipinski definition) is 5. The summed E-state index contributed by atoms with van der Waals surface area (Å²) in [6, 6.07) is 3.69. The maximum absolute atomic E-state index is 12.6. The molecular formula is C14H20N4O3S. The Hall–Kier alpha value is -1.51. The van der Waals surface area contributed by atoms with Crippen molar-refractivity contribution in [1.29, 1.82) is 0 Å². The van der Waals surface area contributed by atoms with E-state index in [9.17, 15) is 13.2 Å². The molecule has 0 bridgehead atoms. The fraction of sp³-hybridized carbons (Fsp3) is 0.571. The van der Waals surface area contributed by atoms with Crippen LogP contribution in [-0.2, 0) is 14.8 Å². The van der Waals surface area contributed by atoms with Crippen LogP contribution in [0.25, 0.3) is 0 Å². The van der Waals surface area contributed by atoms with E-state index in [-0.39, 0.29) is 24.2 Å². The van der Waals surface area contributed by atoms with Crippen LogP contribution < -0.4 is 5.32 Å². The summed E-state index contributed by atoms with van der Waals surface area (Å²) in [7, 11) is -3.25. The monoisotopic (exact) mass is 324 g/mol. The molecule has 1 N–H and O–H groups in total. The molecule has 8 heteroatoms. The summed E-state index contributed by atoms with van der Waals surface area (Å²) in [5, 5.41) is 3.27. The minimum atomic E-state index is -3.25. The van der Waals surface area contributed by atoms with Crippen LogP contribution in [0.3, 0.4) is 0 Å². The third-order valence-corrected chi connectivity index (χ3v) is 6.05. The molecule has 0 saturated carbocycles. The summed E-state index contributed by atoms with van der Waals surface area (Å²) in [6.45, 7) is 2.34. The zero-order chi connectivity index (χ0) is 15.6. The Bertz CT molecular complexity index is 635. The molecule has 2 aliphatic rings. The minimum absolute atomic E-state index is 0.0565. The molecule has 3 heterocycles. The fourth-order valence-electron chi connectivity index (χ4n) is 2.98. The van der Waals surface area contributed by atoms with Gasteiger partial charge in [0.1, 0.15) is 0 Å². The first-order valence-corrected chi connectivity index (χ1v) is 9.07. The topological polar surface area (TPSA) is 82.6 Å². The van der Waals surface area contributed by atoms with Crippen LogP contribution in [-0.4, -0.2) is 67.0 Å². The molecule has 22 heavy (non-hydrogen) atoms. The quantitative estimate of drug-likeness (QED) is 0.817. The Morgan fingerprint density at radius 2 is 2.27 bits per heavy atom. The van der Waals surface area contributed by atoms with E-state index >= 15 is 0 Å². The van der Waals surface area contributed by atoms with Crippen molar-refractivity contribution >= 4 is 15.9 Å². The number of nitrogens with one attached hydrogen (secondary N) is 1. The lowest BCUT2D eigenvalue weighted by Gasteiger charge is -2.37. The van der Waals surface area contributed by atoms with E-state index in [0.717, 1.165) is 12.1 Å². The lowest BCUT2D eigenvalue weighted by molar-refractivity contribution is -0.134. The number of aromatic nitrogens is 1. The average Bonchev–Trinajstić information content (AvgIpc) is 2.87. The first-order chi connectivity index (χ1) is 10.6. The van der Waals surface area contributed by atoms with Gasteiger partial charge in [-0.15, -0.1) is 0 Å². The van der Waals surface area contributed by atoms with Gasteiger partial charge in [0.2, 0.25) is 15.9 Å². The lowest BCUT2D eigenvalue weighted by Crippen LogP contribution is -2.51. The van der Waals surface area contributed by atoms with Crippen LogP contribution in [0.2, 0.25) is 0 Å². The van der Waals surface area contributed by atoms with Crippen LogP contribution >= 0.6 is 0 Å². The molecule has 1 aromatic rings. The van der Waals surface area contributed by atoms with Gasteiger partial charge in [-0.3, -0.25) is 9.78 Å². The first kappa shape index (κ1) is 15.4. The number of hydrogen-bond donors (Lipinski definition) is 1. The molecule has 2 saturated heterocycles. The van der Waals surface area contributed by atoms with Crippen molar-refractivity contribution in [2.45, 2.75) is 12.5 Å². The Labute approximate surface area is 130 Å². The zero-order valence-corrected chi connectivity index (χ0v) is 13.1. The van der Waals surface area contributed by atoms with Gasteiger partial charge in [0.25, 0.3) is 0 Å². The lowest BCUT2D eigenvalue weighted by atomic mass is 10.1. The third kappa shape index (κ3) is 3.13. The molecule has 0 aromatic carbocycles. The normalized spacial score (nSPS) is 25.3. The summed E-state index contributed by atoms with van der Waals surface area (Å²) in [6.07, 6.45) is 4.05. The van der Waals surface area contributed by atoms with E-state index in [1.807, 2.05) is 12.1 Å². The molecule has 0 aliphatic carbocycles. The maximum atomic E-state index is 12.6. The standard InChI is InChI=1S/C14H20N4O3S/c19-14(11-17-6-2-8-22(17,20)21)18-7-5-16-10-13(18)12-3-1-4-15-9-12/h1,3-4,9,13,16H,2,5-8,10-11H2. The van der Waals surface area contributed by atoms with Gasteiger partial charge < -0.3 is 10.2 Å². The van der Waals surface area contributed by atoms with Crippen molar-refractivity contribution in [1.82, 2.24) is 19.5 Å².